The molecular formula is C14H11ClN4O3. The normalized spacial score (nSPS) is 10.4. The highest BCUT2D eigenvalue weighted by Crippen LogP contribution is 2.24. The van der Waals surface area contributed by atoms with Crippen molar-refractivity contribution in [1.82, 2.24) is 5.43 Å². The van der Waals surface area contributed by atoms with Crippen molar-refractivity contribution < 1.29 is 9.72 Å². The van der Waals surface area contributed by atoms with E-state index < -0.39 is 11.0 Å². The Morgan fingerprint density at radius 3 is 2.64 bits per heavy atom. The predicted molar refractivity (Wildman–Crippen MR) is 84.3 cm³/mol. The van der Waals surface area contributed by atoms with E-state index in [9.17, 15) is 14.9 Å². The smallest absolute Gasteiger partial charge is 0.307 e. The summed E-state index contributed by atoms with van der Waals surface area (Å²) in [5.74, 6) is 0. The van der Waals surface area contributed by atoms with Crippen LogP contribution in [0, 0.1) is 10.1 Å². The van der Waals surface area contributed by atoms with Crippen molar-refractivity contribution in [3.63, 3.8) is 0 Å². The van der Waals surface area contributed by atoms with Crippen LogP contribution in [-0.4, -0.2) is 17.2 Å². The average molecular weight is 319 g/mol. The predicted octanol–water partition coefficient (Wildman–Crippen LogP) is 3.40. The van der Waals surface area contributed by atoms with E-state index in [2.05, 4.69) is 15.8 Å². The van der Waals surface area contributed by atoms with Gasteiger partial charge in [-0.25, -0.2) is 10.2 Å². The van der Waals surface area contributed by atoms with Gasteiger partial charge in [-0.1, -0.05) is 35.9 Å². The highest BCUT2D eigenvalue weighted by molar-refractivity contribution is 6.32. The lowest BCUT2D eigenvalue weighted by atomic mass is 10.2. The number of urea groups is 1. The number of anilines is 1. The first-order chi connectivity index (χ1) is 10.6. The van der Waals surface area contributed by atoms with Gasteiger partial charge in [0.05, 0.1) is 11.1 Å². The van der Waals surface area contributed by atoms with Crippen molar-refractivity contribution in [3.05, 3.63) is 69.2 Å². The number of nitro groups is 1. The van der Waals surface area contributed by atoms with Crippen LogP contribution in [0.4, 0.5) is 16.2 Å². The molecule has 0 spiro atoms. The van der Waals surface area contributed by atoms with E-state index in [-0.39, 0.29) is 10.7 Å². The zero-order valence-electron chi connectivity index (χ0n) is 11.2. The van der Waals surface area contributed by atoms with Crippen LogP contribution in [0.3, 0.4) is 0 Å². The molecule has 2 aromatic carbocycles. The standard InChI is InChI=1S/C14H11ClN4O3/c15-12-7-6-10(8-13(12)19(21)22)9-16-18-14(20)17-11-4-2-1-3-5-11/h1-9H,(H2,17,18,20). The summed E-state index contributed by atoms with van der Waals surface area (Å²) >= 11 is 5.70. The van der Waals surface area contributed by atoms with E-state index in [1.165, 1.54) is 18.3 Å². The van der Waals surface area contributed by atoms with Crippen LogP contribution >= 0.6 is 11.6 Å². The molecular weight excluding hydrogens is 308 g/mol. The number of carbonyl (C=O) groups is 1. The van der Waals surface area contributed by atoms with Crippen LogP contribution in [-0.2, 0) is 0 Å². The number of halogens is 1. The Morgan fingerprint density at radius 1 is 1.23 bits per heavy atom. The molecule has 112 valence electrons. The molecule has 0 radical (unpaired) electrons. The molecule has 0 bridgehead atoms. The molecule has 0 heterocycles. The van der Waals surface area contributed by atoms with Crippen molar-refractivity contribution in [1.29, 1.82) is 0 Å². The van der Waals surface area contributed by atoms with E-state index in [0.29, 0.717) is 11.3 Å². The maximum absolute atomic E-state index is 11.6. The molecule has 2 amide bonds. The number of nitro benzene ring substituents is 1. The zero-order chi connectivity index (χ0) is 15.9. The Hall–Kier alpha value is -2.93. The zero-order valence-corrected chi connectivity index (χ0v) is 11.9. The van der Waals surface area contributed by atoms with Crippen molar-refractivity contribution in [2.45, 2.75) is 0 Å². The van der Waals surface area contributed by atoms with Crippen molar-refractivity contribution in [2.24, 2.45) is 5.10 Å². The van der Waals surface area contributed by atoms with E-state index in [1.807, 2.05) is 6.07 Å². The van der Waals surface area contributed by atoms with Gasteiger partial charge in [-0.3, -0.25) is 10.1 Å². The van der Waals surface area contributed by atoms with Gasteiger partial charge in [0, 0.05) is 17.3 Å². The summed E-state index contributed by atoms with van der Waals surface area (Å²) in [5.41, 5.74) is 3.10. The van der Waals surface area contributed by atoms with Gasteiger partial charge in [-0.05, 0) is 18.2 Å². The quantitative estimate of drug-likeness (QED) is 0.513. The second kappa shape index (κ2) is 7.19. The lowest BCUT2D eigenvalue weighted by Gasteiger charge is -2.03. The Kier molecular flexibility index (Phi) is 5.05. The van der Waals surface area contributed by atoms with Crippen LogP contribution in [0.1, 0.15) is 5.56 Å². The summed E-state index contributed by atoms with van der Waals surface area (Å²) in [7, 11) is 0. The fourth-order valence-electron chi connectivity index (χ4n) is 1.60. The maximum atomic E-state index is 11.6. The minimum atomic E-state index is -0.588. The molecule has 2 aromatic rings. The highest BCUT2D eigenvalue weighted by atomic mass is 35.5. The molecule has 22 heavy (non-hydrogen) atoms. The Bertz CT molecular complexity index is 719. The number of rotatable bonds is 4. The van der Waals surface area contributed by atoms with E-state index in [4.69, 9.17) is 11.6 Å². The SMILES string of the molecule is O=C(NN=Cc1ccc(Cl)c([N+](=O)[O-])c1)Nc1ccccc1. The molecule has 0 saturated heterocycles. The van der Waals surface area contributed by atoms with Gasteiger partial charge >= 0.3 is 6.03 Å². The van der Waals surface area contributed by atoms with Crippen molar-refractivity contribution >= 4 is 35.2 Å². The van der Waals surface area contributed by atoms with E-state index >= 15 is 0 Å². The largest absolute Gasteiger partial charge is 0.339 e. The van der Waals surface area contributed by atoms with Gasteiger partial charge in [0.25, 0.3) is 5.69 Å². The fourth-order valence-corrected chi connectivity index (χ4v) is 1.78. The molecule has 0 aromatic heterocycles. The van der Waals surface area contributed by atoms with Crippen LogP contribution in [0.5, 0.6) is 0 Å². The summed E-state index contributed by atoms with van der Waals surface area (Å²) in [6.07, 6.45) is 1.29. The summed E-state index contributed by atoms with van der Waals surface area (Å²) in [4.78, 5) is 21.7. The fraction of sp³-hybridized carbons (Fsp3) is 0. The maximum Gasteiger partial charge on any atom is 0.339 e. The number of nitrogens with one attached hydrogen (secondary N) is 2. The van der Waals surface area contributed by atoms with Gasteiger partial charge in [-0.15, -0.1) is 0 Å². The molecule has 0 unspecified atom stereocenters. The number of amides is 2. The summed E-state index contributed by atoms with van der Waals surface area (Å²) < 4.78 is 0. The van der Waals surface area contributed by atoms with E-state index in [1.54, 1.807) is 30.3 Å². The third-order valence-corrected chi connectivity index (χ3v) is 2.90. The number of hydrazone groups is 1. The minimum Gasteiger partial charge on any atom is -0.307 e. The van der Waals surface area contributed by atoms with Gasteiger partial charge in [-0.2, -0.15) is 5.10 Å². The Labute approximate surface area is 130 Å². The lowest BCUT2D eigenvalue weighted by molar-refractivity contribution is -0.384. The summed E-state index contributed by atoms with van der Waals surface area (Å²) in [5, 5.41) is 17.1. The van der Waals surface area contributed by atoms with Crippen LogP contribution < -0.4 is 10.7 Å². The van der Waals surface area contributed by atoms with Crippen LogP contribution in [0.15, 0.2) is 53.6 Å². The van der Waals surface area contributed by atoms with Gasteiger partial charge in [0.1, 0.15) is 5.02 Å². The van der Waals surface area contributed by atoms with Gasteiger partial charge in [0.2, 0.25) is 0 Å². The second-order valence-corrected chi connectivity index (χ2v) is 4.57. The first kappa shape index (κ1) is 15.5. The highest BCUT2D eigenvalue weighted by Gasteiger charge is 2.11. The molecule has 2 rings (SSSR count). The topological polar surface area (TPSA) is 96.6 Å². The third kappa shape index (κ3) is 4.29. The van der Waals surface area contributed by atoms with E-state index in [0.717, 1.165) is 0 Å². The van der Waals surface area contributed by atoms with Gasteiger partial charge < -0.3 is 5.32 Å². The number of benzene rings is 2. The molecule has 0 aliphatic rings. The number of nitrogens with zero attached hydrogens (tertiary/aromatic N) is 2. The molecule has 0 saturated carbocycles. The molecule has 8 heteroatoms. The number of para-hydroxylation sites is 1. The average Bonchev–Trinajstić information content (AvgIpc) is 2.49. The van der Waals surface area contributed by atoms with Gasteiger partial charge in [0.15, 0.2) is 0 Å². The molecule has 0 aliphatic carbocycles. The molecule has 0 aliphatic heterocycles. The first-order valence-corrected chi connectivity index (χ1v) is 6.53. The van der Waals surface area contributed by atoms with Crippen LogP contribution in [0.25, 0.3) is 0 Å². The molecule has 7 nitrogen and oxygen atoms in total. The first-order valence-electron chi connectivity index (χ1n) is 6.15. The number of hydrogen-bond donors (Lipinski definition) is 2. The second-order valence-electron chi connectivity index (χ2n) is 4.16. The van der Waals surface area contributed by atoms with Crippen molar-refractivity contribution in [2.75, 3.05) is 5.32 Å². The number of hydrogen-bond acceptors (Lipinski definition) is 4. The third-order valence-electron chi connectivity index (χ3n) is 2.58. The summed E-state index contributed by atoms with van der Waals surface area (Å²) in [6, 6.07) is 12.5. The molecule has 2 N–H and O–H groups in total. The molecule has 0 atom stereocenters. The Morgan fingerprint density at radius 2 is 1.95 bits per heavy atom. The molecule has 0 fully saturated rings. The monoisotopic (exact) mass is 318 g/mol. The Balaban J connectivity index is 1.96. The van der Waals surface area contributed by atoms with Crippen LogP contribution in [0.2, 0.25) is 5.02 Å². The van der Waals surface area contributed by atoms with Crippen molar-refractivity contribution in [3.8, 4) is 0 Å². The summed E-state index contributed by atoms with van der Waals surface area (Å²) in [6.45, 7) is 0. The number of carbonyl (C=O) groups excluding carboxylic acids is 1. The lowest BCUT2D eigenvalue weighted by Crippen LogP contribution is -2.24. The minimum absolute atomic E-state index is 0.0388.